The van der Waals surface area contributed by atoms with Crippen LogP contribution in [0.2, 0.25) is 0 Å². The number of hydrogen-bond acceptors (Lipinski definition) is 5. The minimum atomic E-state index is -0.223. The second kappa shape index (κ2) is 5.33. The van der Waals surface area contributed by atoms with Crippen LogP contribution in [0.1, 0.15) is 41.9 Å². The Hall–Kier alpha value is -1.74. The molecule has 6 heteroatoms. The molecule has 0 saturated carbocycles. The summed E-state index contributed by atoms with van der Waals surface area (Å²) in [5.74, 6) is -0.223. The van der Waals surface area contributed by atoms with Gasteiger partial charge >= 0.3 is 0 Å². The van der Waals surface area contributed by atoms with Gasteiger partial charge in [0.25, 0.3) is 5.91 Å². The number of nitrogens with zero attached hydrogens (tertiary/aromatic N) is 2. The molecule has 0 aromatic carbocycles. The molecule has 1 aromatic heterocycles. The first-order chi connectivity index (χ1) is 9.39. The average Bonchev–Trinajstić information content (AvgIpc) is 2.73. The van der Waals surface area contributed by atoms with E-state index in [9.17, 15) is 4.79 Å². The predicted molar refractivity (Wildman–Crippen MR) is 82.1 cm³/mol. The Labute approximate surface area is 123 Å². The lowest BCUT2D eigenvalue weighted by molar-refractivity contribution is 0.0964. The summed E-state index contributed by atoms with van der Waals surface area (Å²) in [5, 5.41) is 12.6. The van der Waals surface area contributed by atoms with Gasteiger partial charge in [-0.3, -0.25) is 4.79 Å². The van der Waals surface area contributed by atoms with E-state index < -0.39 is 0 Å². The van der Waals surface area contributed by atoms with Crippen LogP contribution in [0.25, 0.3) is 0 Å². The Bertz CT molecular complexity index is 570. The van der Waals surface area contributed by atoms with E-state index in [0.717, 1.165) is 24.5 Å². The molecule has 0 aliphatic carbocycles. The number of nitriles is 1. The molecule has 20 heavy (non-hydrogen) atoms. The first-order valence-corrected chi connectivity index (χ1v) is 7.50. The van der Waals surface area contributed by atoms with Gasteiger partial charge in [-0.1, -0.05) is 13.8 Å². The van der Waals surface area contributed by atoms with Crippen molar-refractivity contribution in [1.82, 2.24) is 5.32 Å². The predicted octanol–water partition coefficient (Wildman–Crippen LogP) is 2.19. The van der Waals surface area contributed by atoms with Gasteiger partial charge < -0.3 is 16.0 Å². The second-order valence-corrected chi connectivity index (χ2v) is 6.90. The van der Waals surface area contributed by atoms with Gasteiger partial charge in [0.05, 0.1) is 11.3 Å². The van der Waals surface area contributed by atoms with E-state index in [0.29, 0.717) is 16.1 Å². The first-order valence-electron chi connectivity index (χ1n) is 6.69. The number of hydrogen-bond donors (Lipinski definition) is 2. The number of amides is 1. The number of nitrogens with one attached hydrogen (secondary N) is 1. The summed E-state index contributed by atoms with van der Waals surface area (Å²) in [6, 6.07) is 2.08. The minimum Gasteiger partial charge on any atom is -0.396 e. The number of piperidine rings is 1. The Morgan fingerprint density at radius 2 is 2.25 bits per heavy atom. The number of anilines is 2. The first kappa shape index (κ1) is 14.7. The van der Waals surface area contributed by atoms with Crippen molar-refractivity contribution in [2.75, 3.05) is 30.8 Å². The molecule has 1 amide bonds. The molecule has 1 aromatic rings. The third-order valence-corrected chi connectivity index (χ3v) is 4.84. The van der Waals surface area contributed by atoms with Gasteiger partial charge in [-0.15, -0.1) is 11.3 Å². The van der Waals surface area contributed by atoms with Crippen molar-refractivity contribution in [3.63, 3.8) is 0 Å². The van der Waals surface area contributed by atoms with E-state index in [4.69, 9.17) is 11.0 Å². The number of rotatable bonds is 2. The molecule has 0 bridgehead atoms. The molecule has 3 N–H and O–H groups in total. The van der Waals surface area contributed by atoms with Crippen LogP contribution in [0.15, 0.2) is 0 Å². The fourth-order valence-corrected chi connectivity index (χ4v) is 3.72. The topological polar surface area (TPSA) is 82.2 Å². The number of carbonyl (C=O) groups excluding carboxylic acids is 1. The van der Waals surface area contributed by atoms with Crippen LogP contribution < -0.4 is 16.0 Å². The zero-order chi connectivity index (χ0) is 14.9. The summed E-state index contributed by atoms with van der Waals surface area (Å²) in [4.78, 5) is 14.7. The fraction of sp³-hybridized carbons (Fsp3) is 0.571. The second-order valence-electron chi connectivity index (χ2n) is 5.91. The van der Waals surface area contributed by atoms with Gasteiger partial charge in [-0.2, -0.15) is 5.26 Å². The molecule has 1 aliphatic rings. The van der Waals surface area contributed by atoms with Gasteiger partial charge in [-0.05, 0) is 18.3 Å². The highest BCUT2D eigenvalue weighted by Gasteiger charge is 2.31. The SMILES string of the molecule is CNC(=O)c1c(N2CCCC(C)(C)C2)sc(C#N)c1N. The molecule has 0 radical (unpaired) electrons. The summed E-state index contributed by atoms with van der Waals surface area (Å²) in [6.07, 6.45) is 2.25. The number of nitrogens with two attached hydrogens (primary N) is 1. The molecule has 1 aliphatic heterocycles. The maximum Gasteiger partial charge on any atom is 0.256 e. The maximum absolute atomic E-state index is 12.1. The highest BCUT2D eigenvalue weighted by Crippen LogP contribution is 2.41. The zero-order valence-electron chi connectivity index (χ0n) is 12.1. The third kappa shape index (κ3) is 2.59. The van der Waals surface area contributed by atoms with Gasteiger partial charge in [-0.25, -0.2) is 0 Å². The van der Waals surface area contributed by atoms with E-state index in [2.05, 4.69) is 30.1 Å². The van der Waals surface area contributed by atoms with Crippen LogP contribution in [0.4, 0.5) is 10.7 Å². The lowest BCUT2D eigenvalue weighted by atomic mass is 9.84. The van der Waals surface area contributed by atoms with Gasteiger partial charge in [0.15, 0.2) is 0 Å². The van der Waals surface area contributed by atoms with Crippen molar-refractivity contribution in [3.05, 3.63) is 10.4 Å². The van der Waals surface area contributed by atoms with Crippen LogP contribution in [-0.4, -0.2) is 26.0 Å². The Morgan fingerprint density at radius 3 is 2.80 bits per heavy atom. The third-order valence-electron chi connectivity index (χ3n) is 3.67. The van der Waals surface area contributed by atoms with Crippen molar-refractivity contribution in [2.24, 2.45) is 5.41 Å². The number of carbonyl (C=O) groups is 1. The number of thiophene rings is 1. The summed E-state index contributed by atoms with van der Waals surface area (Å²) >= 11 is 1.32. The van der Waals surface area contributed by atoms with Gasteiger partial charge in [0.2, 0.25) is 0 Å². The molecule has 0 spiro atoms. The Morgan fingerprint density at radius 1 is 1.55 bits per heavy atom. The van der Waals surface area contributed by atoms with Crippen LogP contribution in [-0.2, 0) is 0 Å². The van der Waals surface area contributed by atoms with E-state index in [1.54, 1.807) is 7.05 Å². The quantitative estimate of drug-likeness (QED) is 0.875. The molecular formula is C14H20N4OS. The molecule has 0 unspecified atom stereocenters. The van der Waals surface area contributed by atoms with Crippen LogP contribution in [0.5, 0.6) is 0 Å². The van der Waals surface area contributed by atoms with Gasteiger partial charge in [0.1, 0.15) is 15.9 Å². The van der Waals surface area contributed by atoms with Crippen molar-refractivity contribution < 1.29 is 4.79 Å². The van der Waals surface area contributed by atoms with E-state index in [-0.39, 0.29) is 11.3 Å². The smallest absolute Gasteiger partial charge is 0.256 e. The number of nitrogen functional groups attached to an aromatic ring is 1. The van der Waals surface area contributed by atoms with E-state index >= 15 is 0 Å². The van der Waals surface area contributed by atoms with Crippen LogP contribution in [0, 0.1) is 16.7 Å². The van der Waals surface area contributed by atoms with Crippen molar-refractivity contribution >= 4 is 27.9 Å². The van der Waals surface area contributed by atoms with Crippen molar-refractivity contribution in [3.8, 4) is 6.07 Å². The van der Waals surface area contributed by atoms with E-state index in [1.165, 1.54) is 17.8 Å². The highest BCUT2D eigenvalue weighted by atomic mass is 32.1. The minimum absolute atomic E-state index is 0.212. The lowest BCUT2D eigenvalue weighted by Crippen LogP contribution is -2.40. The maximum atomic E-state index is 12.1. The van der Waals surface area contributed by atoms with Crippen molar-refractivity contribution in [2.45, 2.75) is 26.7 Å². The standard InChI is InChI=1S/C14H20N4OS/c1-14(2)5-4-6-18(8-14)13-10(12(19)17-3)11(16)9(7-15)20-13/h4-6,8,16H2,1-3H3,(H,17,19). The molecule has 0 atom stereocenters. The molecule has 5 nitrogen and oxygen atoms in total. The summed E-state index contributed by atoms with van der Waals surface area (Å²) < 4.78 is 0. The largest absolute Gasteiger partial charge is 0.396 e. The van der Waals surface area contributed by atoms with Crippen molar-refractivity contribution in [1.29, 1.82) is 5.26 Å². The lowest BCUT2D eigenvalue weighted by Gasteiger charge is -2.39. The van der Waals surface area contributed by atoms with Crippen LogP contribution >= 0.6 is 11.3 Å². The summed E-state index contributed by atoms with van der Waals surface area (Å²) in [5.41, 5.74) is 6.93. The van der Waals surface area contributed by atoms with Gasteiger partial charge in [0, 0.05) is 20.1 Å². The molecule has 1 saturated heterocycles. The van der Waals surface area contributed by atoms with E-state index in [1.807, 2.05) is 0 Å². The summed E-state index contributed by atoms with van der Waals surface area (Å²) in [6.45, 7) is 6.22. The zero-order valence-corrected chi connectivity index (χ0v) is 12.9. The highest BCUT2D eigenvalue weighted by molar-refractivity contribution is 7.17. The Kier molecular flexibility index (Phi) is 3.91. The molecule has 2 heterocycles. The fourth-order valence-electron chi connectivity index (χ4n) is 2.68. The van der Waals surface area contributed by atoms with Crippen LogP contribution in [0.3, 0.4) is 0 Å². The monoisotopic (exact) mass is 292 g/mol. The Balaban J connectivity index is 2.45. The molecule has 108 valence electrons. The summed E-state index contributed by atoms with van der Waals surface area (Å²) in [7, 11) is 1.58. The molecule has 2 rings (SSSR count). The molecule has 1 fully saturated rings. The molecular weight excluding hydrogens is 272 g/mol. The average molecular weight is 292 g/mol. The normalized spacial score (nSPS) is 17.6.